The third-order valence-corrected chi connectivity index (χ3v) is 4.01. The first-order valence-electron chi connectivity index (χ1n) is 7.58. The predicted molar refractivity (Wildman–Crippen MR) is 105 cm³/mol. The summed E-state index contributed by atoms with van der Waals surface area (Å²) in [4.78, 5) is 12.5. The van der Waals surface area contributed by atoms with Crippen molar-refractivity contribution >= 4 is 40.3 Å². The molecular formula is C17H19ClN4O2S. The highest BCUT2D eigenvalue weighted by atomic mass is 35.5. The van der Waals surface area contributed by atoms with Gasteiger partial charge < -0.3 is 15.5 Å². The monoisotopic (exact) mass is 378 g/mol. The molecule has 0 spiro atoms. The molecular weight excluding hydrogens is 360 g/mol. The number of nitrogens with one attached hydrogen (secondary N) is 2. The highest BCUT2D eigenvalue weighted by Crippen LogP contribution is 2.26. The van der Waals surface area contributed by atoms with Crippen LogP contribution in [0.4, 0.5) is 11.4 Å². The summed E-state index contributed by atoms with van der Waals surface area (Å²) in [5, 5.41) is 17.8. The van der Waals surface area contributed by atoms with Crippen molar-refractivity contribution in [3.63, 3.8) is 0 Å². The number of thiocarbonyl (C=S) groups is 1. The maximum Gasteiger partial charge on any atom is 0.271 e. The maximum absolute atomic E-state index is 10.9. The Morgan fingerprint density at radius 3 is 2.56 bits per heavy atom. The molecule has 0 aliphatic heterocycles. The molecule has 0 unspecified atom stereocenters. The first-order valence-corrected chi connectivity index (χ1v) is 8.36. The fraction of sp³-hybridized carbons (Fsp3) is 0.235. The molecule has 25 heavy (non-hydrogen) atoms. The number of nitro benzene ring substituents is 1. The Morgan fingerprint density at radius 2 is 1.96 bits per heavy atom. The van der Waals surface area contributed by atoms with Crippen molar-refractivity contribution in [1.82, 2.24) is 10.2 Å². The van der Waals surface area contributed by atoms with Gasteiger partial charge in [-0.05, 0) is 37.9 Å². The van der Waals surface area contributed by atoms with Crippen LogP contribution in [-0.4, -0.2) is 35.6 Å². The third kappa shape index (κ3) is 5.67. The first-order chi connectivity index (χ1) is 11.9. The van der Waals surface area contributed by atoms with E-state index in [0.717, 1.165) is 12.1 Å². The lowest BCUT2D eigenvalue weighted by atomic mass is 10.1. The molecule has 0 aliphatic carbocycles. The van der Waals surface area contributed by atoms with E-state index in [2.05, 4.69) is 10.6 Å². The average Bonchev–Trinajstić information content (AvgIpc) is 2.56. The lowest BCUT2D eigenvalue weighted by molar-refractivity contribution is -0.384. The second-order valence-electron chi connectivity index (χ2n) is 5.75. The van der Waals surface area contributed by atoms with Crippen LogP contribution in [0.2, 0.25) is 5.02 Å². The van der Waals surface area contributed by atoms with Gasteiger partial charge in [-0.1, -0.05) is 41.9 Å². The summed E-state index contributed by atoms with van der Waals surface area (Å²) in [7, 11) is 3.96. The van der Waals surface area contributed by atoms with Crippen molar-refractivity contribution in [2.45, 2.75) is 6.04 Å². The highest BCUT2D eigenvalue weighted by molar-refractivity contribution is 7.80. The van der Waals surface area contributed by atoms with Crippen LogP contribution >= 0.6 is 23.8 Å². The Labute approximate surface area is 156 Å². The minimum atomic E-state index is -0.475. The topological polar surface area (TPSA) is 70.4 Å². The molecule has 0 radical (unpaired) electrons. The van der Waals surface area contributed by atoms with Gasteiger partial charge in [0.05, 0.1) is 21.7 Å². The zero-order valence-electron chi connectivity index (χ0n) is 13.9. The number of hydrogen-bond acceptors (Lipinski definition) is 4. The van der Waals surface area contributed by atoms with Gasteiger partial charge in [-0.25, -0.2) is 0 Å². The van der Waals surface area contributed by atoms with E-state index in [9.17, 15) is 10.1 Å². The van der Waals surface area contributed by atoms with Crippen LogP contribution in [0.5, 0.6) is 0 Å². The molecule has 2 aromatic rings. The van der Waals surface area contributed by atoms with Gasteiger partial charge >= 0.3 is 0 Å². The van der Waals surface area contributed by atoms with Crippen molar-refractivity contribution in [2.24, 2.45) is 0 Å². The minimum absolute atomic E-state index is 0.0336. The van der Waals surface area contributed by atoms with E-state index in [4.69, 9.17) is 23.8 Å². The summed E-state index contributed by atoms with van der Waals surface area (Å²) in [6.07, 6.45) is 0. The molecule has 0 amide bonds. The predicted octanol–water partition coefficient (Wildman–Crippen LogP) is 3.84. The smallest absolute Gasteiger partial charge is 0.271 e. The normalized spacial score (nSPS) is 11.8. The molecule has 1 atom stereocenters. The van der Waals surface area contributed by atoms with E-state index >= 15 is 0 Å². The molecule has 0 bridgehead atoms. The average molecular weight is 379 g/mol. The highest BCUT2D eigenvalue weighted by Gasteiger charge is 2.15. The summed E-state index contributed by atoms with van der Waals surface area (Å²) < 4.78 is 0. The van der Waals surface area contributed by atoms with Crippen LogP contribution in [0.25, 0.3) is 0 Å². The number of hydrogen-bond donors (Lipinski definition) is 2. The van der Waals surface area contributed by atoms with Crippen LogP contribution in [0, 0.1) is 10.1 Å². The number of nitro groups is 1. The van der Waals surface area contributed by atoms with Crippen molar-refractivity contribution in [2.75, 3.05) is 26.0 Å². The van der Waals surface area contributed by atoms with Gasteiger partial charge in [0.1, 0.15) is 0 Å². The molecule has 0 saturated carbocycles. The standard InChI is InChI=1S/C17H19ClN4O2S/c1-21(2)11-16(12-6-4-3-5-7-12)20-17(25)19-15-10-13(22(23)24)8-9-14(15)18/h3-10,16H,11H2,1-2H3,(H2,19,20,25)/t16-/m1/s1. The number of benzene rings is 2. The Morgan fingerprint density at radius 1 is 1.28 bits per heavy atom. The third-order valence-electron chi connectivity index (χ3n) is 3.46. The largest absolute Gasteiger partial charge is 0.354 e. The van der Waals surface area contributed by atoms with E-state index in [0.29, 0.717) is 15.8 Å². The van der Waals surface area contributed by atoms with Crippen LogP contribution in [-0.2, 0) is 0 Å². The summed E-state index contributed by atoms with van der Waals surface area (Å²) in [6.45, 7) is 0.731. The molecule has 2 aromatic carbocycles. The minimum Gasteiger partial charge on any atom is -0.354 e. The molecule has 0 fully saturated rings. The summed E-state index contributed by atoms with van der Waals surface area (Å²) >= 11 is 11.5. The van der Waals surface area contributed by atoms with Crippen LogP contribution in [0.1, 0.15) is 11.6 Å². The molecule has 0 aromatic heterocycles. The fourth-order valence-electron chi connectivity index (χ4n) is 2.32. The second-order valence-corrected chi connectivity index (χ2v) is 6.56. The SMILES string of the molecule is CN(C)C[C@@H](NC(=S)Nc1cc([N+](=O)[O-])ccc1Cl)c1ccccc1. The molecule has 0 saturated heterocycles. The number of nitrogens with zero attached hydrogens (tertiary/aromatic N) is 2. The zero-order chi connectivity index (χ0) is 18.4. The first kappa shape index (κ1) is 19.1. The molecule has 8 heteroatoms. The van der Waals surface area contributed by atoms with Gasteiger partial charge in [-0.3, -0.25) is 10.1 Å². The van der Waals surface area contributed by atoms with Crippen molar-refractivity contribution < 1.29 is 4.92 Å². The van der Waals surface area contributed by atoms with Crippen LogP contribution < -0.4 is 10.6 Å². The van der Waals surface area contributed by atoms with E-state index in [1.54, 1.807) is 0 Å². The Hall–Kier alpha value is -2.22. The van der Waals surface area contributed by atoms with Crippen LogP contribution in [0.15, 0.2) is 48.5 Å². The van der Waals surface area contributed by atoms with Gasteiger partial charge in [0.15, 0.2) is 5.11 Å². The van der Waals surface area contributed by atoms with E-state index in [-0.39, 0.29) is 11.7 Å². The van der Waals surface area contributed by atoms with Gasteiger partial charge in [0.2, 0.25) is 0 Å². The molecule has 132 valence electrons. The fourth-order valence-corrected chi connectivity index (χ4v) is 2.74. The summed E-state index contributed by atoms with van der Waals surface area (Å²) in [5.41, 5.74) is 1.43. The maximum atomic E-state index is 10.9. The number of non-ortho nitro benzene ring substituents is 1. The van der Waals surface area contributed by atoms with Gasteiger partial charge in [-0.15, -0.1) is 0 Å². The molecule has 2 rings (SSSR count). The van der Waals surface area contributed by atoms with Gasteiger partial charge in [-0.2, -0.15) is 0 Å². The lowest BCUT2D eigenvalue weighted by Gasteiger charge is -2.24. The Kier molecular flexibility index (Phi) is 6.69. The number of likely N-dealkylation sites (N-methyl/N-ethyl adjacent to an activating group) is 1. The molecule has 2 N–H and O–H groups in total. The van der Waals surface area contributed by atoms with Crippen molar-refractivity contribution in [1.29, 1.82) is 0 Å². The van der Waals surface area contributed by atoms with E-state index in [1.165, 1.54) is 18.2 Å². The van der Waals surface area contributed by atoms with Crippen molar-refractivity contribution in [3.05, 3.63) is 69.2 Å². The molecule has 0 aliphatic rings. The Bertz CT molecular complexity index is 756. The summed E-state index contributed by atoms with van der Waals surface area (Å²) in [6, 6.07) is 14.1. The quantitative estimate of drug-likeness (QED) is 0.452. The number of halogens is 1. The zero-order valence-corrected chi connectivity index (χ0v) is 15.5. The van der Waals surface area contributed by atoms with E-state index in [1.807, 2.05) is 49.3 Å². The van der Waals surface area contributed by atoms with Crippen LogP contribution in [0.3, 0.4) is 0 Å². The second kappa shape index (κ2) is 8.75. The van der Waals surface area contributed by atoms with Gasteiger partial charge in [0.25, 0.3) is 5.69 Å². The summed E-state index contributed by atoms with van der Waals surface area (Å²) in [5.74, 6) is 0. The van der Waals surface area contributed by atoms with Crippen molar-refractivity contribution in [3.8, 4) is 0 Å². The molecule has 0 heterocycles. The van der Waals surface area contributed by atoms with Gasteiger partial charge in [0, 0.05) is 18.7 Å². The van der Waals surface area contributed by atoms with E-state index < -0.39 is 4.92 Å². The lowest BCUT2D eigenvalue weighted by Crippen LogP contribution is -2.37. The molecule has 6 nitrogen and oxygen atoms in total. The number of anilines is 1. The number of rotatable bonds is 6. The Balaban J connectivity index is 2.14.